The minimum Gasteiger partial charge on any atom is -0.437 e. The Morgan fingerprint density at radius 3 is 2.71 bits per heavy atom. The second kappa shape index (κ2) is 5.50. The molecular weight excluding hydrogens is 282 g/mol. The Labute approximate surface area is 128 Å². The van der Waals surface area contributed by atoms with Crippen LogP contribution in [0.1, 0.15) is 26.5 Å². The molecule has 5 heteroatoms. The first-order valence-electron chi connectivity index (χ1n) is 6.95. The second-order valence-electron chi connectivity index (χ2n) is 5.94. The largest absolute Gasteiger partial charge is 0.437 e. The van der Waals surface area contributed by atoms with E-state index < -0.39 is 0 Å². The van der Waals surface area contributed by atoms with Crippen LogP contribution in [0.3, 0.4) is 0 Å². The van der Waals surface area contributed by atoms with Gasteiger partial charge in [-0.2, -0.15) is 4.98 Å². The van der Waals surface area contributed by atoms with Gasteiger partial charge in [0.05, 0.1) is 0 Å². The molecule has 0 aliphatic heterocycles. The predicted octanol–water partition coefficient (Wildman–Crippen LogP) is 4.08. The number of nitrogens with one attached hydrogen (secondary N) is 1. The second-order valence-corrected chi connectivity index (χ2v) is 6.81. The summed E-state index contributed by atoms with van der Waals surface area (Å²) >= 11 is 1.61. The number of hydrogen-bond donors (Lipinski definition) is 1. The summed E-state index contributed by atoms with van der Waals surface area (Å²) in [5, 5.41) is 5.53. The maximum atomic E-state index is 5.95. The fourth-order valence-corrected chi connectivity index (χ4v) is 2.73. The number of fused-ring (bicyclic) bond motifs is 1. The lowest BCUT2D eigenvalue weighted by Gasteiger charge is -2.20. The number of imidazole rings is 1. The highest BCUT2D eigenvalue weighted by atomic mass is 32.1. The van der Waals surface area contributed by atoms with E-state index in [9.17, 15) is 0 Å². The van der Waals surface area contributed by atoms with E-state index >= 15 is 0 Å². The number of para-hydroxylation sites is 1. The Morgan fingerprint density at radius 2 is 2.00 bits per heavy atom. The van der Waals surface area contributed by atoms with Crippen LogP contribution in [0.5, 0.6) is 11.6 Å². The molecule has 0 spiro atoms. The van der Waals surface area contributed by atoms with Gasteiger partial charge in [0.1, 0.15) is 11.4 Å². The van der Waals surface area contributed by atoms with Gasteiger partial charge in [0, 0.05) is 23.7 Å². The van der Waals surface area contributed by atoms with Crippen molar-refractivity contribution in [3.8, 4) is 11.6 Å². The summed E-state index contributed by atoms with van der Waals surface area (Å²) in [6.45, 7) is 7.16. The predicted molar refractivity (Wildman–Crippen MR) is 86.2 cm³/mol. The standard InChI is InChI=1S/C16H19N3OS/c1-16(2,3)17-11-13-14(18-15-19(13)9-10-21-15)20-12-7-5-4-6-8-12/h4-10,17H,11H2,1-3H3. The van der Waals surface area contributed by atoms with E-state index in [0.29, 0.717) is 12.4 Å². The highest BCUT2D eigenvalue weighted by molar-refractivity contribution is 7.15. The van der Waals surface area contributed by atoms with Crippen LogP contribution in [0.15, 0.2) is 41.9 Å². The molecule has 0 amide bonds. The van der Waals surface area contributed by atoms with Crippen molar-refractivity contribution in [1.82, 2.24) is 14.7 Å². The van der Waals surface area contributed by atoms with Gasteiger partial charge in [-0.25, -0.2) is 0 Å². The first kappa shape index (κ1) is 14.1. The molecule has 110 valence electrons. The normalized spacial score (nSPS) is 12.0. The van der Waals surface area contributed by atoms with E-state index in [0.717, 1.165) is 16.4 Å². The Hall–Kier alpha value is -1.85. The molecule has 0 atom stereocenters. The maximum absolute atomic E-state index is 5.95. The van der Waals surface area contributed by atoms with E-state index in [1.807, 2.05) is 41.9 Å². The number of benzene rings is 1. The van der Waals surface area contributed by atoms with Crippen LogP contribution in [0.25, 0.3) is 4.96 Å². The van der Waals surface area contributed by atoms with Crippen LogP contribution in [-0.4, -0.2) is 14.9 Å². The lowest BCUT2D eigenvalue weighted by atomic mass is 10.1. The zero-order chi connectivity index (χ0) is 14.9. The van der Waals surface area contributed by atoms with Crippen molar-refractivity contribution < 1.29 is 4.74 Å². The zero-order valence-electron chi connectivity index (χ0n) is 12.5. The Morgan fingerprint density at radius 1 is 1.24 bits per heavy atom. The van der Waals surface area contributed by atoms with Gasteiger partial charge in [0.25, 0.3) is 0 Å². The van der Waals surface area contributed by atoms with Gasteiger partial charge in [-0.15, -0.1) is 11.3 Å². The number of thiazole rings is 1. The molecule has 0 radical (unpaired) electrons. The van der Waals surface area contributed by atoms with Crippen molar-refractivity contribution in [2.24, 2.45) is 0 Å². The third-order valence-corrected chi connectivity index (χ3v) is 3.82. The van der Waals surface area contributed by atoms with Crippen LogP contribution in [0.4, 0.5) is 0 Å². The molecule has 4 nitrogen and oxygen atoms in total. The SMILES string of the molecule is CC(C)(C)NCc1c(Oc2ccccc2)nc2sccn12. The van der Waals surface area contributed by atoms with Gasteiger partial charge in [-0.05, 0) is 32.9 Å². The molecule has 3 aromatic rings. The summed E-state index contributed by atoms with van der Waals surface area (Å²) in [6.07, 6.45) is 2.03. The lowest BCUT2D eigenvalue weighted by molar-refractivity contribution is 0.407. The van der Waals surface area contributed by atoms with Crippen LogP contribution >= 0.6 is 11.3 Å². The zero-order valence-corrected chi connectivity index (χ0v) is 13.3. The van der Waals surface area contributed by atoms with Crippen molar-refractivity contribution in [2.45, 2.75) is 32.9 Å². The smallest absolute Gasteiger partial charge is 0.243 e. The molecule has 0 unspecified atom stereocenters. The molecule has 0 saturated heterocycles. The Kier molecular flexibility index (Phi) is 3.69. The summed E-state index contributed by atoms with van der Waals surface area (Å²) in [5.74, 6) is 1.48. The van der Waals surface area contributed by atoms with Gasteiger partial charge in [-0.1, -0.05) is 18.2 Å². The number of nitrogens with zero attached hydrogens (tertiary/aromatic N) is 2. The molecule has 3 rings (SSSR count). The Bertz CT molecular complexity index is 725. The van der Waals surface area contributed by atoms with E-state index in [1.54, 1.807) is 11.3 Å². The van der Waals surface area contributed by atoms with Crippen molar-refractivity contribution in [2.75, 3.05) is 0 Å². The minimum absolute atomic E-state index is 0.0458. The van der Waals surface area contributed by atoms with E-state index in [2.05, 4.69) is 35.5 Å². The minimum atomic E-state index is 0.0458. The van der Waals surface area contributed by atoms with E-state index in [-0.39, 0.29) is 5.54 Å². The lowest BCUT2D eigenvalue weighted by Crippen LogP contribution is -2.35. The van der Waals surface area contributed by atoms with Crippen LogP contribution in [0, 0.1) is 0 Å². The highest BCUT2D eigenvalue weighted by Crippen LogP contribution is 2.28. The third kappa shape index (κ3) is 3.25. The molecule has 1 N–H and O–H groups in total. The summed E-state index contributed by atoms with van der Waals surface area (Å²) in [6, 6.07) is 9.77. The fraction of sp³-hybridized carbons (Fsp3) is 0.312. The van der Waals surface area contributed by atoms with Crippen molar-refractivity contribution in [3.05, 3.63) is 47.6 Å². The molecule has 2 heterocycles. The van der Waals surface area contributed by atoms with Crippen molar-refractivity contribution >= 4 is 16.3 Å². The van der Waals surface area contributed by atoms with Crippen LogP contribution in [0.2, 0.25) is 0 Å². The highest BCUT2D eigenvalue weighted by Gasteiger charge is 2.17. The van der Waals surface area contributed by atoms with Gasteiger partial charge < -0.3 is 10.1 Å². The number of hydrogen-bond acceptors (Lipinski definition) is 4. The molecule has 0 saturated carbocycles. The topological polar surface area (TPSA) is 38.6 Å². The summed E-state index contributed by atoms with van der Waals surface area (Å²) in [4.78, 5) is 5.54. The molecular formula is C16H19N3OS. The number of ether oxygens (including phenoxy) is 1. The van der Waals surface area contributed by atoms with E-state index in [1.165, 1.54) is 0 Å². The molecule has 21 heavy (non-hydrogen) atoms. The average molecular weight is 301 g/mol. The fourth-order valence-electron chi connectivity index (χ4n) is 2.00. The van der Waals surface area contributed by atoms with Gasteiger partial charge in [0.2, 0.25) is 5.88 Å². The van der Waals surface area contributed by atoms with Gasteiger partial charge in [0.15, 0.2) is 4.96 Å². The summed E-state index contributed by atoms with van der Waals surface area (Å²) < 4.78 is 8.04. The first-order chi connectivity index (χ1) is 10.0. The van der Waals surface area contributed by atoms with Crippen molar-refractivity contribution in [1.29, 1.82) is 0 Å². The molecule has 2 aromatic heterocycles. The van der Waals surface area contributed by atoms with Crippen LogP contribution < -0.4 is 10.1 Å². The van der Waals surface area contributed by atoms with Gasteiger partial charge >= 0.3 is 0 Å². The maximum Gasteiger partial charge on any atom is 0.243 e. The monoisotopic (exact) mass is 301 g/mol. The third-order valence-electron chi connectivity index (χ3n) is 3.07. The number of aromatic nitrogens is 2. The Balaban J connectivity index is 1.92. The van der Waals surface area contributed by atoms with Gasteiger partial charge in [-0.3, -0.25) is 4.40 Å². The first-order valence-corrected chi connectivity index (χ1v) is 7.83. The quantitative estimate of drug-likeness (QED) is 0.789. The average Bonchev–Trinajstić information content (AvgIpc) is 2.98. The van der Waals surface area contributed by atoms with Crippen molar-refractivity contribution in [3.63, 3.8) is 0 Å². The summed E-state index contributed by atoms with van der Waals surface area (Å²) in [5.41, 5.74) is 1.09. The molecule has 0 fully saturated rings. The molecule has 0 aliphatic carbocycles. The van der Waals surface area contributed by atoms with Crippen LogP contribution in [-0.2, 0) is 6.54 Å². The molecule has 1 aromatic carbocycles. The molecule has 0 aliphatic rings. The van der Waals surface area contributed by atoms with E-state index in [4.69, 9.17) is 4.74 Å². The number of rotatable bonds is 4. The molecule has 0 bridgehead atoms. The summed E-state index contributed by atoms with van der Waals surface area (Å²) in [7, 11) is 0.